The van der Waals surface area contributed by atoms with Crippen LogP contribution in [-0.4, -0.2) is 48.4 Å². The van der Waals surface area contributed by atoms with E-state index in [1.807, 2.05) is 0 Å². The standard InChI is InChI=1S/C22H18Cl3NO6S/c1-2-30-19(27)12-32-20-15(24)9-13(10-16(20)25)11-18-21(28)26(22(29)33-18)7-8-31-17-6-4-3-5-14(17)23/h3-6,9-11H,2,7-8,12H2,1H3/b18-11-. The first-order chi connectivity index (χ1) is 15.8. The number of hydrogen-bond donors (Lipinski definition) is 0. The number of nitrogens with zero attached hydrogens (tertiary/aromatic N) is 1. The van der Waals surface area contributed by atoms with E-state index < -0.39 is 17.1 Å². The Balaban J connectivity index is 1.65. The molecule has 1 aliphatic rings. The van der Waals surface area contributed by atoms with E-state index in [2.05, 4.69) is 0 Å². The maximum Gasteiger partial charge on any atom is 0.344 e. The summed E-state index contributed by atoms with van der Waals surface area (Å²) in [5, 5.41) is 0.311. The van der Waals surface area contributed by atoms with Crippen LogP contribution in [0.15, 0.2) is 41.3 Å². The van der Waals surface area contributed by atoms with Crippen molar-refractivity contribution in [1.82, 2.24) is 4.90 Å². The molecule has 3 rings (SSSR count). The predicted molar refractivity (Wildman–Crippen MR) is 128 cm³/mol. The van der Waals surface area contributed by atoms with Crippen LogP contribution >= 0.6 is 46.6 Å². The van der Waals surface area contributed by atoms with Crippen LogP contribution < -0.4 is 9.47 Å². The number of imide groups is 1. The van der Waals surface area contributed by atoms with Crippen LogP contribution in [0.5, 0.6) is 11.5 Å². The second kappa shape index (κ2) is 11.7. The molecule has 0 bridgehead atoms. The Labute approximate surface area is 209 Å². The van der Waals surface area contributed by atoms with Crippen LogP contribution in [0, 0.1) is 0 Å². The highest BCUT2D eigenvalue weighted by atomic mass is 35.5. The maximum atomic E-state index is 12.7. The summed E-state index contributed by atoms with van der Waals surface area (Å²) in [6.07, 6.45) is 1.51. The summed E-state index contributed by atoms with van der Waals surface area (Å²) in [5.74, 6) is -0.423. The second-order valence-corrected chi connectivity index (χ2v) is 8.73. The monoisotopic (exact) mass is 529 g/mol. The fraction of sp³-hybridized carbons (Fsp3) is 0.227. The lowest BCUT2D eigenvalue weighted by Gasteiger charge is -2.13. The van der Waals surface area contributed by atoms with Crippen LogP contribution in [0.3, 0.4) is 0 Å². The molecular formula is C22H18Cl3NO6S. The summed E-state index contributed by atoms with van der Waals surface area (Å²) in [6, 6.07) is 9.96. The first-order valence-corrected chi connectivity index (χ1v) is 11.6. The SMILES string of the molecule is CCOC(=O)COc1c(Cl)cc(/C=C2\SC(=O)N(CCOc3ccccc3Cl)C2=O)cc1Cl. The molecule has 7 nitrogen and oxygen atoms in total. The highest BCUT2D eigenvalue weighted by Crippen LogP contribution is 2.37. The molecule has 1 fully saturated rings. The van der Waals surface area contributed by atoms with Gasteiger partial charge in [-0.2, -0.15) is 0 Å². The number of carbonyl (C=O) groups excluding carboxylic acids is 3. The van der Waals surface area contributed by atoms with Crippen molar-refractivity contribution in [3.63, 3.8) is 0 Å². The molecule has 0 N–H and O–H groups in total. The largest absolute Gasteiger partial charge is 0.490 e. The van der Waals surface area contributed by atoms with Crippen molar-refractivity contribution in [2.24, 2.45) is 0 Å². The van der Waals surface area contributed by atoms with Gasteiger partial charge in [0.15, 0.2) is 12.4 Å². The molecule has 0 aromatic heterocycles. The number of thioether (sulfide) groups is 1. The normalized spacial score (nSPS) is 14.7. The number of ether oxygens (including phenoxy) is 3. The van der Waals surface area contributed by atoms with E-state index in [-0.39, 0.29) is 47.1 Å². The fourth-order valence-electron chi connectivity index (χ4n) is 2.79. The van der Waals surface area contributed by atoms with Crippen molar-refractivity contribution in [2.75, 3.05) is 26.4 Å². The average Bonchev–Trinajstić information content (AvgIpc) is 3.02. The highest BCUT2D eigenvalue weighted by molar-refractivity contribution is 8.18. The summed E-state index contributed by atoms with van der Waals surface area (Å²) in [7, 11) is 0. The van der Waals surface area contributed by atoms with E-state index in [0.717, 1.165) is 16.7 Å². The topological polar surface area (TPSA) is 82.1 Å². The third-order valence-electron chi connectivity index (χ3n) is 4.24. The van der Waals surface area contributed by atoms with Gasteiger partial charge >= 0.3 is 5.97 Å². The van der Waals surface area contributed by atoms with Gasteiger partial charge < -0.3 is 14.2 Å². The second-order valence-electron chi connectivity index (χ2n) is 6.52. The van der Waals surface area contributed by atoms with Crippen LogP contribution in [0.1, 0.15) is 12.5 Å². The minimum absolute atomic E-state index is 0.0649. The molecule has 0 unspecified atom stereocenters. The lowest BCUT2D eigenvalue weighted by Crippen LogP contribution is -2.32. The smallest absolute Gasteiger partial charge is 0.344 e. The zero-order valence-corrected chi connectivity index (χ0v) is 20.4. The highest BCUT2D eigenvalue weighted by Gasteiger charge is 2.35. The number of amides is 2. The van der Waals surface area contributed by atoms with Crippen LogP contribution in [0.25, 0.3) is 6.08 Å². The molecule has 0 aliphatic carbocycles. The summed E-state index contributed by atoms with van der Waals surface area (Å²) in [6.45, 7) is 1.72. The molecule has 0 spiro atoms. The average molecular weight is 531 g/mol. The van der Waals surface area contributed by atoms with Crippen molar-refractivity contribution in [1.29, 1.82) is 0 Å². The van der Waals surface area contributed by atoms with Crippen LogP contribution in [0.2, 0.25) is 15.1 Å². The Morgan fingerprint density at radius 3 is 2.42 bits per heavy atom. The number of rotatable bonds is 9. The van der Waals surface area contributed by atoms with Crippen molar-refractivity contribution >= 4 is 69.8 Å². The summed E-state index contributed by atoms with van der Waals surface area (Å²) in [5.41, 5.74) is 0.492. The van der Waals surface area contributed by atoms with E-state index in [1.54, 1.807) is 31.2 Å². The van der Waals surface area contributed by atoms with E-state index in [0.29, 0.717) is 16.3 Å². The first-order valence-electron chi connectivity index (χ1n) is 9.70. The van der Waals surface area contributed by atoms with Crippen LogP contribution in [0.4, 0.5) is 4.79 Å². The minimum Gasteiger partial charge on any atom is -0.490 e. The van der Waals surface area contributed by atoms with Gasteiger partial charge in [0, 0.05) is 0 Å². The quantitative estimate of drug-likeness (QED) is 0.304. The van der Waals surface area contributed by atoms with Gasteiger partial charge in [-0.15, -0.1) is 0 Å². The Morgan fingerprint density at radius 1 is 1.06 bits per heavy atom. The Kier molecular flexibility index (Phi) is 8.91. The summed E-state index contributed by atoms with van der Waals surface area (Å²) >= 11 is 19.3. The molecule has 2 aromatic rings. The molecule has 1 heterocycles. The van der Waals surface area contributed by atoms with Crippen molar-refractivity contribution in [2.45, 2.75) is 6.92 Å². The maximum absolute atomic E-state index is 12.7. The number of halogens is 3. The van der Waals surface area contributed by atoms with Gasteiger partial charge in [-0.1, -0.05) is 46.9 Å². The zero-order valence-electron chi connectivity index (χ0n) is 17.3. The van der Waals surface area contributed by atoms with Crippen LogP contribution in [-0.2, 0) is 14.3 Å². The molecule has 174 valence electrons. The molecule has 2 aromatic carbocycles. The number of hydrogen-bond acceptors (Lipinski definition) is 7. The third kappa shape index (κ3) is 6.57. The van der Waals surface area contributed by atoms with Gasteiger partial charge in [-0.05, 0) is 54.6 Å². The Morgan fingerprint density at radius 2 is 1.76 bits per heavy atom. The first kappa shape index (κ1) is 25.2. The third-order valence-corrected chi connectivity index (χ3v) is 6.02. The van der Waals surface area contributed by atoms with Gasteiger partial charge in [0.2, 0.25) is 0 Å². The molecule has 2 amide bonds. The Hall–Kier alpha value is -2.39. The molecule has 33 heavy (non-hydrogen) atoms. The zero-order chi connectivity index (χ0) is 24.0. The number of para-hydroxylation sites is 1. The summed E-state index contributed by atoms with van der Waals surface area (Å²) < 4.78 is 15.7. The number of benzene rings is 2. The molecule has 11 heteroatoms. The lowest BCUT2D eigenvalue weighted by atomic mass is 10.2. The minimum atomic E-state index is -0.555. The van der Waals surface area contributed by atoms with E-state index >= 15 is 0 Å². The van der Waals surface area contributed by atoms with E-state index in [9.17, 15) is 14.4 Å². The predicted octanol–water partition coefficient (Wildman–Crippen LogP) is 5.70. The summed E-state index contributed by atoms with van der Waals surface area (Å²) in [4.78, 5) is 37.8. The van der Waals surface area contributed by atoms with E-state index in [1.165, 1.54) is 18.2 Å². The van der Waals surface area contributed by atoms with Gasteiger partial charge in [0.1, 0.15) is 12.4 Å². The molecule has 1 aliphatic heterocycles. The van der Waals surface area contributed by atoms with Crippen molar-refractivity contribution in [3.8, 4) is 11.5 Å². The Bertz CT molecular complexity index is 1080. The fourth-order valence-corrected chi connectivity index (χ4v) is 4.46. The number of esters is 1. The van der Waals surface area contributed by atoms with Gasteiger partial charge in [-0.25, -0.2) is 4.79 Å². The molecule has 0 atom stereocenters. The molecular weight excluding hydrogens is 513 g/mol. The van der Waals surface area contributed by atoms with Gasteiger partial charge in [0.25, 0.3) is 11.1 Å². The van der Waals surface area contributed by atoms with E-state index in [4.69, 9.17) is 49.0 Å². The molecule has 0 radical (unpaired) electrons. The van der Waals surface area contributed by atoms with Gasteiger partial charge in [-0.3, -0.25) is 14.5 Å². The van der Waals surface area contributed by atoms with Crippen molar-refractivity contribution < 1.29 is 28.6 Å². The number of carbonyl (C=O) groups is 3. The lowest BCUT2D eigenvalue weighted by molar-refractivity contribution is -0.145. The van der Waals surface area contributed by atoms with Gasteiger partial charge in [0.05, 0.1) is 33.1 Å². The van der Waals surface area contributed by atoms with Crippen molar-refractivity contribution in [3.05, 3.63) is 61.9 Å². The molecule has 0 saturated carbocycles. The molecule has 1 saturated heterocycles.